The average molecular weight is 223 g/mol. The second kappa shape index (κ2) is 3.22. The summed E-state index contributed by atoms with van der Waals surface area (Å²) in [7, 11) is -3.76. The monoisotopic (exact) mass is 223 g/mol. The molecule has 0 saturated carbocycles. The molecule has 0 bridgehead atoms. The summed E-state index contributed by atoms with van der Waals surface area (Å²) in [6, 6.07) is 9.27. The van der Waals surface area contributed by atoms with E-state index in [0.717, 1.165) is 0 Å². The first-order chi connectivity index (χ1) is 7.00. The third-order valence-corrected chi connectivity index (χ3v) is 3.14. The fourth-order valence-electron chi connectivity index (χ4n) is 1.50. The molecule has 0 atom stereocenters. The second-order valence-corrected chi connectivity index (χ2v) is 4.70. The van der Waals surface area contributed by atoms with Gasteiger partial charge in [-0.3, -0.25) is 0 Å². The molecule has 2 aromatic carbocycles. The maximum Gasteiger partial charge on any atom is 0.238 e. The molecule has 0 saturated heterocycles. The van der Waals surface area contributed by atoms with Gasteiger partial charge in [0.2, 0.25) is 10.0 Å². The molecule has 0 aromatic heterocycles. The largest absolute Gasteiger partial charge is 0.507 e. The first-order valence-electron chi connectivity index (χ1n) is 4.23. The van der Waals surface area contributed by atoms with Gasteiger partial charge in [-0.15, -0.1) is 0 Å². The lowest BCUT2D eigenvalue weighted by molar-refractivity contribution is 0.481. The molecule has 0 amide bonds. The van der Waals surface area contributed by atoms with Crippen LogP contribution >= 0.6 is 0 Å². The lowest BCUT2D eigenvalue weighted by Crippen LogP contribution is -2.12. The van der Waals surface area contributed by atoms with Crippen molar-refractivity contribution in [2.24, 2.45) is 5.14 Å². The molecule has 15 heavy (non-hydrogen) atoms. The number of phenols is 1. The molecule has 0 aliphatic heterocycles. The molecule has 0 radical (unpaired) electrons. The molecule has 5 heteroatoms. The molecule has 0 aliphatic carbocycles. The Bertz CT molecular complexity index is 620. The highest BCUT2D eigenvalue weighted by molar-refractivity contribution is 7.89. The van der Waals surface area contributed by atoms with E-state index in [4.69, 9.17) is 5.14 Å². The Morgan fingerprint density at radius 1 is 1.00 bits per heavy atom. The average Bonchev–Trinajstić information content (AvgIpc) is 2.17. The zero-order valence-electron chi connectivity index (χ0n) is 7.71. The van der Waals surface area contributed by atoms with Gasteiger partial charge in [-0.25, -0.2) is 13.6 Å². The van der Waals surface area contributed by atoms with E-state index < -0.39 is 10.0 Å². The van der Waals surface area contributed by atoms with Crippen molar-refractivity contribution in [2.45, 2.75) is 4.90 Å². The SMILES string of the molecule is NS(=O)(=O)c1ccc(O)c2ccccc12. The van der Waals surface area contributed by atoms with E-state index in [1.54, 1.807) is 24.3 Å². The lowest BCUT2D eigenvalue weighted by atomic mass is 10.1. The van der Waals surface area contributed by atoms with E-state index in [9.17, 15) is 13.5 Å². The minimum Gasteiger partial charge on any atom is -0.507 e. The Hall–Kier alpha value is -1.59. The van der Waals surface area contributed by atoms with Gasteiger partial charge in [0, 0.05) is 10.8 Å². The van der Waals surface area contributed by atoms with Crippen molar-refractivity contribution in [1.82, 2.24) is 0 Å². The van der Waals surface area contributed by atoms with Gasteiger partial charge < -0.3 is 5.11 Å². The fourth-order valence-corrected chi connectivity index (χ4v) is 2.25. The van der Waals surface area contributed by atoms with E-state index >= 15 is 0 Å². The van der Waals surface area contributed by atoms with Crippen LogP contribution in [0.1, 0.15) is 0 Å². The van der Waals surface area contributed by atoms with Crippen LogP contribution in [0.3, 0.4) is 0 Å². The van der Waals surface area contributed by atoms with Gasteiger partial charge >= 0.3 is 0 Å². The van der Waals surface area contributed by atoms with Crippen molar-refractivity contribution in [3.8, 4) is 5.75 Å². The summed E-state index contributed by atoms with van der Waals surface area (Å²) < 4.78 is 22.5. The molecule has 2 rings (SSSR count). The zero-order chi connectivity index (χ0) is 11.1. The second-order valence-electron chi connectivity index (χ2n) is 3.17. The van der Waals surface area contributed by atoms with Gasteiger partial charge in [0.05, 0.1) is 4.90 Å². The molecule has 2 aromatic rings. The fraction of sp³-hybridized carbons (Fsp3) is 0. The zero-order valence-corrected chi connectivity index (χ0v) is 8.53. The van der Waals surface area contributed by atoms with Crippen LogP contribution in [-0.2, 0) is 10.0 Å². The molecule has 3 N–H and O–H groups in total. The van der Waals surface area contributed by atoms with Crippen LogP contribution in [0.25, 0.3) is 10.8 Å². The number of rotatable bonds is 1. The van der Waals surface area contributed by atoms with E-state index in [-0.39, 0.29) is 10.6 Å². The Kier molecular flexibility index (Phi) is 2.13. The molecule has 0 spiro atoms. The van der Waals surface area contributed by atoms with Gasteiger partial charge in [0.15, 0.2) is 0 Å². The van der Waals surface area contributed by atoms with Crippen molar-refractivity contribution >= 4 is 20.8 Å². The third kappa shape index (κ3) is 1.67. The van der Waals surface area contributed by atoms with Crippen molar-refractivity contribution in [3.63, 3.8) is 0 Å². The van der Waals surface area contributed by atoms with E-state index in [1.807, 2.05) is 0 Å². The Morgan fingerprint density at radius 2 is 1.60 bits per heavy atom. The molecular formula is C10H9NO3S. The van der Waals surface area contributed by atoms with Crippen molar-refractivity contribution in [3.05, 3.63) is 36.4 Å². The van der Waals surface area contributed by atoms with Crippen LogP contribution in [0, 0.1) is 0 Å². The quantitative estimate of drug-likeness (QED) is 0.762. The first-order valence-corrected chi connectivity index (χ1v) is 5.78. The standard InChI is InChI=1S/C10H9NO3S/c11-15(13,14)10-6-5-9(12)7-3-1-2-4-8(7)10/h1-6,12H,(H2,11,13,14). The topological polar surface area (TPSA) is 80.4 Å². The van der Waals surface area contributed by atoms with Gasteiger partial charge in [0.25, 0.3) is 0 Å². The summed E-state index contributed by atoms with van der Waals surface area (Å²) >= 11 is 0. The molecule has 0 unspecified atom stereocenters. The molecule has 0 heterocycles. The maximum absolute atomic E-state index is 11.3. The number of hydrogen-bond donors (Lipinski definition) is 2. The highest BCUT2D eigenvalue weighted by Gasteiger charge is 2.13. The van der Waals surface area contributed by atoms with Crippen molar-refractivity contribution in [1.29, 1.82) is 0 Å². The van der Waals surface area contributed by atoms with E-state index in [1.165, 1.54) is 12.1 Å². The molecule has 4 nitrogen and oxygen atoms in total. The number of nitrogens with two attached hydrogens (primary N) is 1. The van der Waals surface area contributed by atoms with Crippen LogP contribution in [-0.4, -0.2) is 13.5 Å². The molecule has 0 aliphatic rings. The molecule has 0 fully saturated rings. The van der Waals surface area contributed by atoms with Crippen molar-refractivity contribution in [2.75, 3.05) is 0 Å². The van der Waals surface area contributed by atoms with Crippen molar-refractivity contribution < 1.29 is 13.5 Å². The van der Waals surface area contributed by atoms with Gasteiger partial charge in [-0.05, 0) is 12.1 Å². The van der Waals surface area contributed by atoms with Crippen LogP contribution in [0.4, 0.5) is 0 Å². The van der Waals surface area contributed by atoms with E-state index in [0.29, 0.717) is 10.8 Å². The summed E-state index contributed by atoms with van der Waals surface area (Å²) in [5.74, 6) is 0.0398. The highest BCUT2D eigenvalue weighted by Crippen LogP contribution is 2.29. The highest BCUT2D eigenvalue weighted by atomic mass is 32.2. The normalized spacial score (nSPS) is 11.8. The number of benzene rings is 2. The van der Waals surface area contributed by atoms with Gasteiger partial charge in [-0.2, -0.15) is 0 Å². The summed E-state index contributed by atoms with van der Waals surface area (Å²) in [4.78, 5) is 0.0240. The van der Waals surface area contributed by atoms with Crippen LogP contribution in [0.5, 0.6) is 5.75 Å². The van der Waals surface area contributed by atoms with Gasteiger partial charge in [0.1, 0.15) is 5.75 Å². The number of sulfonamides is 1. The molecular weight excluding hydrogens is 214 g/mol. The number of fused-ring (bicyclic) bond motifs is 1. The maximum atomic E-state index is 11.3. The number of primary sulfonamides is 1. The third-order valence-electron chi connectivity index (χ3n) is 2.17. The minimum atomic E-state index is -3.76. The van der Waals surface area contributed by atoms with Crippen LogP contribution in [0.15, 0.2) is 41.3 Å². The smallest absolute Gasteiger partial charge is 0.238 e. The summed E-state index contributed by atoms with van der Waals surface area (Å²) in [6.07, 6.45) is 0. The predicted molar refractivity (Wildman–Crippen MR) is 57.0 cm³/mol. The minimum absolute atomic E-state index is 0.0240. The lowest BCUT2D eigenvalue weighted by Gasteiger charge is -2.05. The van der Waals surface area contributed by atoms with Gasteiger partial charge in [-0.1, -0.05) is 24.3 Å². The Labute approximate surface area is 87.0 Å². The van der Waals surface area contributed by atoms with E-state index in [2.05, 4.69) is 0 Å². The summed E-state index contributed by atoms with van der Waals surface area (Å²) in [5.41, 5.74) is 0. The predicted octanol–water partition coefficient (Wildman–Crippen LogP) is 1.19. The Balaban J connectivity index is 2.96. The summed E-state index contributed by atoms with van der Waals surface area (Å²) in [5, 5.41) is 15.5. The first kappa shape index (κ1) is 9.95. The van der Waals surface area contributed by atoms with Crippen LogP contribution < -0.4 is 5.14 Å². The Morgan fingerprint density at radius 3 is 2.20 bits per heavy atom. The van der Waals surface area contributed by atoms with Crippen LogP contribution in [0.2, 0.25) is 0 Å². The molecule has 78 valence electrons. The number of aromatic hydroxyl groups is 1. The summed E-state index contributed by atoms with van der Waals surface area (Å²) in [6.45, 7) is 0. The number of phenolic OH excluding ortho intramolecular Hbond substituents is 1. The number of hydrogen-bond acceptors (Lipinski definition) is 3.